The summed E-state index contributed by atoms with van der Waals surface area (Å²) in [4.78, 5) is 12.4. The number of anilines is 1. The highest BCUT2D eigenvalue weighted by molar-refractivity contribution is 5.95. The number of rotatable bonds is 7. The predicted molar refractivity (Wildman–Crippen MR) is 97.5 cm³/mol. The van der Waals surface area contributed by atoms with Gasteiger partial charge in [0.2, 0.25) is 5.91 Å². The van der Waals surface area contributed by atoms with E-state index >= 15 is 0 Å². The molecule has 1 amide bonds. The second kappa shape index (κ2) is 8.65. The summed E-state index contributed by atoms with van der Waals surface area (Å²) in [5.41, 5.74) is 7.09. The average molecular weight is 347 g/mol. The number of amides is 1. The first-order valence-electron chi connectivity index (χ1n) is 9.26. The molecule has 6 heteroatoms. The van der Waals surface area contributed by atoms with Crippen molar-refractivity contribution in [2.45, 2.75) is 57.7 Å². The van der Waals surface area contributed by atoms with Crippen molar-refractivity contribution in [3.05, 3.63) is 24.3 Å². The zero-order valence-corrected chi connectivity index (χ0v) is 15.1. The van der Waals surface area contributed by atoms with Gasteiger partial charge in [0, 0.05) is 18.3 Å². The maximum absolute atomic E-state index is 12.4. The highest BCUT2D eigenvalue weighted by Gasteiger charge is 2.29. The van der Waals surface area contributed by atoms with Crippen LogP contribution < -0.4 is 20.9 Å². The molecule has 2 saturated heterocycles. The summed E-state index contributed by atoms with van der Waals surface area (Å²) in [5.74, 6) is 1.40. The molecular formula is C19H29N3O3. The maximum atomic E-state index is 12.4. The lowest BCUT2D eigenvalue weighted by molar-refractivity contribution is -0.117. The van der Waals surface area contributed by atoms with Crippen LogP contribution in [0.1, 0.15) is 39.5 Å². The number of nitrogens with one attached hydrogen (secondary N) is 3. The van der Waals surface area contributed by atoms with Gasteiger partial charge in [-0.2, -0.15) is 0 Å². The van der Waals surface area contributed by atoms with Crippen LogP contribution in [0.2, 0.25) is 0 Å². The highest BCUT2D eigenvalue weighted by Crippen LogP contribution is 2.20. The molecule has 0 aromatic heterocycles. The fourth-order valence-electron chi connectivity index (χ4n) is 3.35. The quantitative estimate of drug-likeness (QED) is 0.707. The van der Waals surface area contributed by atoms with Crippen LogP contribution in [0, 0.1) is 5.92 Å². The summed E-state index contributed by atoms with van der Waals surface area (Å²) in [5, 5.41) is 2.96. The van der Waals surface area contributed by atoms with E-state index in [0.717, 1.165) is 43.7 Å². The number of carbonyl (C=O) groups excluding carboxylic acids is 1. The molecule has 138 valence electrons. The van der Waals surface area contributed by atoms with Crippen molar-refractivity contribution in [3.63, 3.8) is 0 Å². The Morgan fingerprint density at radius 1 is 1.32 bits per heavy atom. The second-order valence-electron chi connectivity index (χ2n) is 7.36. The SMILES string of the molecule is CC(C)CC1CC(C(=O)Nc2ccc(OCC3CCCO3)cc2)NN1. The van der Waals surface area contributed by atoms with E-state index in [1.165, 1.54) is 0 Å². The summed E-state index contributed by atoms with van der Waals surface area (Å²) in [6, 6.07) is 7.66. The van der Waals surface area contributed by atoms with Gasteiger partial charge in [0.15, 0.2) is 0 Å². The van der Waals surface area contributed by atoms with Crippen LogP contribution in [0.15, 0.2) is 24.3 Å². The van der Waals surface area contributed by atoms with Crippen molar-refractivity contribution in [3.8, 4) is 5.75 Å². The van der Waals surface area contributed by atoms with Crippen LogP contribution in [0.25, 0.3) is 0 Å². The fourth-order valence-corrected chi connectivity index (χ4v) is 3.35. The lowest BCUT2D eigenvalue weighted by Crippen LogP contribution is -2.40. The Kier molecular flexibility index (Phi) is 6.29. The highest BCUT2D eigenvalue weighted by atomic mass is 16.5. The van der Waals surface area contributed by atoms with E-state index in [2.05, 4.69) is 30.0 Å². The number of carbonyl (C=O) groups is 1. The number of benzene rings is 1. The van der Waals surface area contributed by atoms with Crippen molar-refractivity contribution >= 4 is 11.6 Å². The molecule has 0 spiro atoms. The molecule has 3 N–H and O–H groups in total. The third-order valence-corrected chi connectivity index (χ3v) is 4.64. The third kappa shape index (κ3) is 5.42. The zero-order chi connectivity index (χ0) is 17.6. The van der Waals surface area contributed by atoms with Crippen LogP contribution >= 0.6 is 0 Å². The molecule has 2 heterocycles. The van der Waals surface area contributed by atoms with Crippen LogP contribution in [-0.2, 0) is 9.53 Å². The standard InChI is InChI=1S/C19H29N3O3/c1-13(2)10-15-11-18(22-21-15)19(23)20-14-5-7-16(8-6-14)25-12-17-4-3-9-24-17/h5-8,13,15,17-18,21-22H,3-4,9-12H2,1-2H3,(H,20,23). The first-order valence-corrected chi connectivity index (χ1v) is 9.26. The van der Waals surface area contributed by atoms with E-state index < -0.39 is 0 Å². The summed E-state index contributed by atoms with van der Waals surface area (Å²) in [6.07, 6.45) is 4.26. The van der Waals surface area contributed by atoms with Crippen molar-refractivity contribution < 1.29 is 14.3 Å². The van der Waals surface area contributed by atoms with Crippen LogP contribution in [-0.4, -0.2) is 37.3 Å². The lowest BCUT2D eigenvalue weighted by Gasteiger charge is -2.13. The summed E-state index contributed by atoms with van der Waals surface area (Å²) in [7, 11) is 0. The molecule has 0 radical (unpaired) electrons. The smallest absolute Gasteiger partial charge is 0.242 e. The molecule has 3 atom stereocenters. The first-order chi connectivity index (χ1) is 12.1. The minimum atomic E-state index is -0.195. The van der Waals surface area contributed by atoms with E-state index in [-0.39, 0.29) is 18.1 Å². The first kappa shape index (κ1) is 18.2. The van der Waals surface area contributed by atoms with Gasteiger partial charge >= 0.3 is 0 Å². The van der Waals surface area contributed by atoms with Crippen molar-refractivity contribution in [1.82, 2.24) is 10.9 Å². The summed E-state index contributed by atoms with van der Waals surface area (Å²) < 4.78 is 11.3. The largest absolute Gasteiger partial charge is 0.491 e. The Morgan fingerprint density at radius 2 is 2.12 bits per heavy atom. The van der Waals surface area contributed by atoms with Crippen LogP contribution in [0.5, 0.6) is 5.75 Å². The Hall–Kier alpha value is -1.63. The topological polar surface area (TPSA) is 71.6 Å². The van der Waals surface area contributed by atoms with Gasteiger partial charge in [-0.25, -0.2) is 5.43 Å². The fraction of sp³-hybridized carbons (Fsp3) is 0.632. The predicted octanol–water partition coefficient (Wildman–Crippen LogP) is 2.46. The number of hydrogen-bond donors (Lipinski definition) is 3. The maximum Gasteiger partial charge on any atom is 0.242 e. The number of ether oxygens (including phenoxy) is 2. The molecule has 2 aliphatic heterocycles. The molecule has 1 aromatic rings. The number of hydrazine groups is 1. The van der Waals surface area contributed by atoms with Gasteiger partial charge in [-0.05, 0) is 55.9 Å². The third-order valence-electron chi connectivity index (χ3n) is 4.64. The Balaban J connectivity index is 1.44. The van der Waals surface area contributed by atoms with E-state index in [0.29, 0.717) is 18.6 Å². The molecule has 0 saturated carbocycles. The molecule has 3 unspecified atom stereocenters. The van der Waals surface area contributed by atoms with Gasteiger partial charge in [-0.15, -0.1) is 0 Å². The van der Waals surface area contributed by atoms with Gasteiger partial charge in [-0.1, -0.05) is 13.8 Å². The minimum absolute atomic E-state index is 0.00761. The van der Waals surface area contributed by atoms with Crippen LogP contribution in [0.3, 0.4) is 0 Å². The molecular weight excluding hydrogens is 318 g/mol. The van der Waals surface area contributed by atoms with Crippen LogP contribution in [0.4, 0.5) is 5.69 Å². The van der Waals surface area contributed by atoms with Gasteiger partial charge in [-0.3, -0.25) is 10.2 Å². The Morgan fingerprint density at radius 3 is 2.80 bits per heavy atom. The summed E-state index contributed by atoms with van der Waals surface area (Å²) in [6.45, 7) is 5.80. The molecule has 0 bridgehead atoms. The average Bonchev–Trinajstić information content (AvgIpc) is 3.25. The number of hydrogen-bond acceptors (Lipinski definition) is 5. The lowest BCUT2D eigenvalue weighted by atomic mass is 10.00. The second-order valence-corrected chi connectivity index (χ2v) is 7.36. The minimum Gasteiger partial charge on any atom is -0.491 e. The summed E-state index contributed by atoms with van der Waals surface area (Å²) >= 11 is 0. The molecule has 2 aliphatic rings. The van der Waals surface area contributed by atoms with E-state index in [4.69, 9.17) is 9.47 Å². The van der Waals surface area contributed by atoms with E-state index in [1.807, 2.05) is 24.3 Å². The monoisotopic (exact) mass is 347 g/mol. The van der Waals surface area contributed by atoms with Crippen molar-refractivity contribution in [1.29, 1.82) is 0 Å². The Bertz CT molecular complexity index is 556. The van der Waals surface area contributed by atoms with Gasteiger partial charge in [0.25, 0.3) is 0 Å². The molecule has 25 heavy (non-hydrogen) atoms. The zero-order valence-electron chi connectivity index (χ0n) is 15.1. The molecule has 0 aliphatic carbocycles. The van der Waals surface area contributed by atoms with E-state index in [1.54, 1.807) is 0 Å². The van der Waals surface area contributed by atoms with Gasteiger partial charge in [0.05, 0.1) is 6.10 Å². The van der Waals surface area contributed by atoms with E-state index in [9.17, 15) is 4.79 Å². The van der Waals surface area contributed by atoms with Crippen molar-refractivity contribution in [2.24, 2.45) is 5.92 Å². The molecule has 2 fully saturated rings. The molecule has 6 nitrogen and oxygen atoms in total. The van der Waals surface area contributed by atoms with Gasteiger partial charge < -0.3 is 14.8 Å². The normalized spacial score (nSPS) is 26.1. The van der Waals surface area contributed by atoms with Crippen molar-refractivity contribution in [2.75, 3.05) is 18.5 Å². The molecule has 1 aromatic carbocycles. The van der Waals surface area contributed by atoms with Gasteiger partial charge in [0.1, 0.15) is 18.4 Å². The Labute approximate surface area is 149 Å². The molecule has 3 rings (SSSR count).